The van der Waals surface area contributed by atoms with Crippen LogP contribution in [0.2, 0.25) is 0 Å². The predicted molar refractivity (Wildman–Crippen MR) is 164 cm³/mol. The fraction of sp³-hybridized carbons (Fsp3) is 0.545. The summed E-state index contributed by atoms with van der Waals surface area (Å²) >= 11 is 0. The minimum Gasteiger partial charge on any atom is -0.462 e. The summed E-state index contributed by atoms with van der Waals surface area (Å²) in [5.41, 5.74) is 0.629. The van der Waals surface area contributed by atoms with Crippen LogP contribution in [0, 0.1) is 10.8 Å². The maximum atomic E-state index is 13.4. The van der Waals surface area contributed by atoms with Gasteiger partial charge in [0.2, 0.25) is 5.43 Å². The zero-order valence-corrected chi connectivity index (χ0v) is 26.0. The molecule has 0 saturated heterocycles. The summed E-state index contributed by atoms with van der Waals surface area (Å²) in [6, 6.07) is 9.42. The minimum absolute atomic E-state index is 0.163. The Morgan fingerprint density at radius 2 is 1.10 bits per heavy atom. The van der Waals surface area contributed by atoms with Crippen LogP contribution in [-0.2, 0) is 9.47 Å². The fourth-order valence-electron chi connectivity index (χ4n) is 4.69. The Balaban J connectivity index is 1.74. The zero-order chi connectivity index (χ0) is 30.4. The lowest BCUT2D eigenvalue weighted by atomic mass is 9.89. The Morgan fingerprint density at radius 3 is 1.46 bits per heavy atom. The average Bonchev–Trinajstić information content (AvgIpc) is 2.89. The van der Waals surface area contributed by atoms with Gasteiger partial charge in [-0.25, -0.2) is 9.59 Å². The Bertz CT molecular complexity index is 1320. The van der Waals surface area contributed by atoms with Gasteiger partial charge >= 0.3 is 11.9 Å². The number of rotatable bonds is 14. The van der Waals surface area contributed by atoms with Gasteiger partial charge < -0.3 is 23.7 Å². The van der Waals surface area contributed by atoms with Gasteiger partial charge in [0, 0.05) is 0 Å². The first kappa shape index (κ1) is 32.3. The van der Waals surface area contributed by atoms with Crippen molar-refractivity contribution in [2.75, 3.05) is 54.5 Å². The topological polar surface area (TPSA) is 89.3 Å². The Labute approximate surface area is 243 Å². The molecule has 0 aliphatic carbocycles. The zero-order valence-electron chi connectivity index (χ0n) is 26.0. The molecule has 0 aliphatic rings. The van der Waals surface area contributed by atoms with Gasteiger partial charge in [0.1, 0.15) is 11.2 Å². The van der Waals surface area contributed by atoms with E-state index in [1.165, 1.54) is 12.1 Å². The molecule has 3 rings (SSSR count). The Kier molecular flexibility index (Phi) is 10.7. The van der Waals surface area contributed by atoms with Crippen LogP contribution < -0.4 is 5.43 Å². The second-order valence-corrected chi connectivity index (χ2v) is 13.1. The van der Waals surface area contributed by atoms with E-state index in [4.69, 9.17) is 13.9 Å². The van der Waals surface area contributed by atoms with Crippen LogP contribution in [0.15, 0.2) is 45.6 Å². The van der Waals surface area contributed by atoms with Crippen molar-refractivity contribution in [2.24, 2.45) is 10.8 Å². The molecule has 0 bridgehead atoms. The molecule has 2 aromatic carbocycles. The highest BCUT2D eigenvalue weighted by Crippen LogP contribution is 2.26. The first-order chi connectivity index (χ1) is 19.2. The van der Waals surface area contributed by atoms with Crippen LogP contribution in [-0.4, -0.2) is 76.2 Å². The van der Waals surface area contributed by atoms with Crippen LogP contribution in [0.25, 0.3) is 21.9 Å². The molecule has 3 aromatic rings. The Morgan fingerprint density at radius 1 is 0.707 bits per heavy atom. The lowest BCUT2D eigenvalue weighted by molar-refractivity contribution is 0.0316. The largest absolute Gasteiger partial charge is 0.462 e. The van der Waals surface area contributed by atoms with Crippen molar-refractivity contribution in [2.45, 2.75) is 53.4 Å². The van der Waals surface area contributed by atoms with Crippen LogP contribution in [0.3, 0.4) is 0 Å². The molecule has 0 atom stereocenters. The van der Waals surface area contributed by atoms with Crippen molar-refractivity contribution < 1.29 is 23.5 Å². The third-order valence-corrected chi connectivity index (χ3v) is 7.25. The highest BCUT2D eigenvalue weighted by Gasteiger charge is 2.23. The lowest BCUT2D eigenvalue weighted by Crippen LogP contribution is -2.24. The molecule has 8 heteroatoms. The number of benzene rings is 2. The van der Waals surface area contributed by atoms with Crippen molar-refractivity contribution in [1.82, 2.24) is 9.80 Å². The minimum atomic E-state index is -0.488. The van der Waals surface area contributed by atoms with Crippen LogP contribution >= 0.6 is 0 Å². The van der Waals surface area contributed by atoms with Gasteiger partial charge in [0.05, 0.1) is 35.1 Å². The lowest BCUT2D eigenvalue weighted by Gasteiger charge is -2.25. The van der Waals surface area contributed by atoms with Gasteiger partial charge in [-0.05, 0) is 114 Å². The molecule has 0 N–H and O–H groups in total. The molecule has 0 spiro atoms. The van der Waals surface area contributed by atoms with Gasteiger partial charge in [0.15, 0.2) is 0 Å². The van der Waals surface area contributed by atoms with E-state index in [1.807, 2.05) is 28.2 Å². The standard InChI is InChI=1S/C33H46N2O6/c1-32(2,15-9-17-34(5)6)21-39-30(37)23-11-13-27-25(19-23)29(36)26-20-24(12-14-28(26)41-27)31(38)40-22-33(3,4)16-10-18-35(7)8/h11-14,19-20H,9-10,15-18,21-22H2,1-8H3. The number of carbonyl (C=O) groups is 2. The Hall–Kier alpha value is -3.23. The summed E-state index contributed by atoms with van der Waals surface area (Å²) in [7, 11) is 8.15. The predicted octanol–water partition coefficient (Wildman–Crippen LogP) is 6.00. The van der Waals surface area contributed by atoms with E-state index in [1.54, 1.807) is 24.3 Å². The molecule has 0 radical (unpaired) electrons. The van der Waals surface area contributed by atoms with Crippen LogP contribution in [0.1, 0.15) is 74.1 Å². The molecule has 0 fully saturated rings. The third kappa shape index (κ3) is 9.40. The molecule has 0 saturated carbocycles. The van der Waals surface area contributed by atoms with E-state index >= 15 is 0 Å². The van der Waals surface area contributed by atoms with E-state index < -0.39 is 11.9 Å². The number of nitrogens with zero attached hydrogens (tertiary/aromatic N) is 2. The van der Waals surface area contributed by atoms with E-state index in [2.05, 4.69) is 37.5 Å². The number of hydrogen-bond acceptors (Lipinski definition) is 8. The molecule has 8 nitrogen and oxygen atoms in total. The van der Waals surface area contributed by atoms with Gasteiger partial charge in [-0.1, -0.05) is 27.7 Å². The molecular formula is C33H46N2O6. The maximum absolute atomic E-state index is 13.4. The summed E-state index contributed by atoms with van der Waals surface area (Å²) in [5, 5.41) is 0.509. The highest BCUT2D eigenvalue weighted by atomic mass is 16.5. The first-order valence-electron chi connectivity index (χ1n) is 14.3. The normalized spacial score (nSPS) is 12.4. The first-order valence-corrected chi connectivity index (χ1v) is 14.3. The molecule has 1 heterocycles. The molecule has 1 aromatic heterocycles. The monoisotopic (exact) mass is 566 g/mol. The summed E-state index contributed by atoms with van der Waals surface area (Å²) in [6.45, 7) is 10.8. The molecular weight excluding hydrogens is 520 g/mol. The van der Waals surface area contributed by atoms with E-state index in [0.29, 0.717) is 11.2 Å². The quantitative estimate of drug-likeness (QED) is 0.174. The molecule has 0 unspecified atom stereocenters. The number of hydrogen-bond donors (Lipinski definition) is 0. The fourth-order valence-corrected chi connectivity index (χ4v) is 4.69. The van der Waals surface area contributed by atoms with Gasteiger partial charge in [-0.3, -0.25) is 4.79 Å². The maximum Gasteiger partial charge on any atom is 0.338 e. The second kappa shape index (κ2) is 13.6. The van der Waals surface area contributed by atoms with Crippen LogP contribution in [0.5, 0.6) is 0 Å². The van der Waals surface area contributed by atoms with Crippen LogP contribution in [0.4, 0.5) is 0 Å². The number of carbonyl (C=O) groups excluding carboxylic acids is 2. The summed E-state index contributed by atoms with van der Waals surface area (Å²) < 4.78 is 17.2. The number of ether oxygens (including phenoxy) is 2. The van der Waals surface area contributed by atoms with Gasteiger partial charge in [0.25, 0.3) is 0 Å². The number of esters is 2. The SMILES string of the molecule is CN(C)CCCC(C)(C)COC(=O)c1ccc2oc3ccc(C(=O)OCC(C)(C)CCCN(C)C)cc3c(=O)c2c1. The summed E-state index contributed by atoms with van der Waals surface area (Å²) in [4.78, 5) is 43.4. The van der Waals surface area contributed by atoms with Crippen molar-refractivity contribution in [3.8, 4) is 0 Å². The van der Waals surface area contributed by atoms with E-state index in [0.717, 1.165) is 38.8 Å². The second-order valence-electron chi connectivity index (χ2n) is 13.1. The van der Waals surface area contributed by atoms with E-state index in [-0.39, 0.29) is 51.4 Å². The number of fused-ring (bicyclic) bond motifs is 2. The average molecular weight is 567 g/mol. The van der Waals surface area contributed by atoms with E-state index in [9.17, 15) is 14.4 Å². The molecule has 41 heavy (non-hydrogen) atoms. The van der Waals surface area contributed by atoms with Crippen molar-refractivity contribution in [3.05, 3.63) is 57.7 Å². The molecule has 0 aliphatic heterocycles. The summed E-state index contributed by atoms with van der Waals surface area (Å²) in [5.74, 6) is -0.977. The third-order valence-electron chi connectivity index (χ3n) is 7.25. The van der Waals surface area contributed by atoms with Crippen molar-refractivity contribution >= 4 is 33.9 Å². The molecule has 224 valence electrons. The van der Waals surface area contributed by atoms with Crippen molar-refractivity contribution in [3.63, 3.8) is 0 Å². The van der Waals surface area contributed by atoms with Gasteiger partial charge in [-0.2, -0.15) is 0 Å². The highest BCUT2D eigenvalue weighted by molar-refractivity contribution is 5.99. The smallest absolute Gasteiger partial charge is 0.338 e. The molecule has 0 amide bonds. The summed E-state index contributed by atoms with van der Waals surface area (Å²) in [6.07, 6.45) is 3.85. The van der Waals surface area contributed by atoms with Gasteiger partial charge in [-0.15, -0.1) is 0 Å². The van der Waals surface area contributed by atoms with Crippen molar-refractivity contribution in [1.29, 1.82) is 0 Å².